The van der Waals surface area contributed by atoms with Crippen LogP contribution in [0.2, 0.25) is 0 Å². The summed E-state index contributed by atoms with van der Waals surface area (Å²) in [5.41, 5.74) is 2.49. The lowest BCUT2D eigenvalue weighted by molar-refractivity contribution is -0.121. The van der Waals surface area contributed by atoms with Crippen molar-refractivity contribution in [2.75, 3.05) is 18.4 Å². The van der Waals surface area contributed by atoms with E-state index in [0.29, 0.717) is 0 Å². The van der Waals surface area contributed by atoms with Gasteiger partial charge >= 0.3 is 0 Å². The standard InChI is InChI=1S/C24H24N2O2/c1-17-11-12-20(28-17)16-26-14-13-19(15-26)24(18-7-3-2-4-8-18)21-9-5-6-10-22(21)25-23(24)27/h2-12,19H,13-16H2,1H3,(H,25,27)/t19-,24?/m1/s1. The van der Waals surface area contributed by atoms with Gasteiger partial charge in [-0.05, 0) is 55.1 Å². The monoisotopic (exact) mass is 372 g/mol. The first kappa shape index (κ1) is 17.3. The fraction of sp³-hybridized carbons (Fsp3) is 0.292. The van der Waals surface area contributed by atoms with Gasteiger partial charge in [-0.2, -0.15) is 0 Å². The Morgan fingerprint density at radius 1 is 1.07 bits per heavy atom. The first-order valence-corrected chi connectivity index (χ1v) is 9.92. The molecular formula is C24H24N2O2. The van der Waals surface area contributed by atoms with E-state index >= 15 is 0 Å². The molecule has 1 amide bonds. The summed E-state index contributed by atoms with van der Waals surface area (Å²) in [6, 6.07) is 22.5. The number of likely N-dealkylation sites (tertiary alicyclic amines) is 1. The fourth-order valence-corrected chi connectivity index (χ4v) is 5.03. The lowest BCUT2D eigenvalue weighted by Gasteiger charge is -2.34. The zero-order valence-electron chi connectivity index (χ0n) is 16.0. The van der Waals surface area contributed by atoms with E-state index in [9.17, 15) is 4.79 Å². The molecule has 4 nitrogen and oxygen atoms in total. The second kappa shape index (κ2) is 6.64. The van der Waals surface area contributed by atoms with Gasteiger partial charge in [0.1, 0.15) is 16.9 Å². The summed E-state index contributed by atoms with van der Waals surface area (Å²) in [7, 11) is 0. The normalized spacial score (nSPS) is 24.3. The predicted octanol–water partition coefficient (Wildman–Crippen LogP) is 4.35. The van der Waals surface area contributed by atoms with E-state index < -0.39 is 5.41 Å². The van der Waals surface area contributed by atoms with Crippen LogP contribution in [-0.2, 0) is 16.8 Å². The second-order valence-electron chi connectivity index (χ2n) is 7.91. The smallest absolute Gasteiger partial charge is 0.239 e. The Kier molecular flexibility index (Phi) is 4.09. The summed E-state index contributed by atoms with van der Waals surface area (Å²) >= 11 is 0. The van der Waals surface area contributed by atoms with Crippen LogP contribution in [0.1, 0.15) is 29.1 Å². The van der Waals surface area contributed by atoms with Gasteiger partial charge in [0, 0.05) is 12.2 Å². The third kappa shape index (κ3) is 2.60. The maximum atomic E-state index is 13.5. The Bertz CT molecular complexity index is 1010. The molecule has 1 fully saturated rings. The number of hydrogen-bond donors (Lipinski definition) is 1. The van der Waals surface area contributed by atoms with Crippen molar-refractivity contribution in [3.05, 3.63) is 89.4 Å². The van der Waals surface area contributed by atoms with Crippen LogP contribution >= 0.6 is 0 Å². The highest BCUT2D eigenvalue weighted by Crippen LogP contribution is 2.50. The van der Waals surface area contributed by atoms with Crippen LogP contribution in [0.5, 0.6) is 0 Å². The Morgan fingerprint density at radius 2 is 1.86 bits per heavy atom. The number of hydrogen-bond acceptors (Lipinski definition) is 3. The molecule has 2 aliphatic heterocycles. The minimum Gasteiger partial charge on any atom is -0.465 e. The lowest BCUT2D eigenvalue weighted by Crippen LogP contribution is -2.44. The highest BCUT2D eigenvalue weighted by Gasteiger charge is 2.54. The van der Waals surface area contributed by atoms with Gasteiger partial charge in [-0.25, -0.2) is 0 Å². The van der Waals surface area contributed by atoms with Crippen LogP contribution in [-0.4, -0.2) is 23.9 Å². The van der Waals surface area contributed by atoms with Gasteiger partial charge in [-0.1, -0.05) is 48.5 Å². The Hall–Kier alpha value is -2.85. The molecule has 0 saturated carbocycles. The Labute approximate surface area is 165 Å². The third-order valence-corrected chi connectivity index (χ3v) is 6.25. The van der Waals surface area contributed by atoms with Crippen molar-refractivity contribution in [1.82, 2.24) is 4.90 Å². The first-order chi connectivity index (χ1) is 13.7. The van der Waals surface area contributed by atoms with E-state index in [1.165, 1.54) is 0 Å². The number of anilines is 1. The molecule has 0 aliphatic carbocycles. The van der Waals surface area contributed by atoms with Crippen molar-refractivity contribution >= 4 is 11.6 Å². The van der Waals surface area contributed by atoms with E-state index in [4.69, 9.17) is 4.42 Å². The van der Waals surface area contributed by atoms with Crippen molar-refractivity contribution < 1.29 is 9.21 Å². The average Bonchev–Trinajstić information content (AvgIpc) is 3.40. The molecule has 2 aromatic carbocycles. The summed E-state index contributed by atoms with van der Waals surface area (Å²) in [6.07, 6.45) is 0.982. The zero-order valence-corrected chi connectivity index (χ0v) is 16.0. The molecule has 0 bridgehead atoms. The molecular weight excluding hydrogens is 348 g/mol. The molecule has 28 heavy (non-hydrogen) atoms. The summed E-state index contributed by atoms with van der Waals surface area (Å²) in [4.78, 5) is 15.9. The lowest BCUT2D eigenvalue weighted by atomic mass is 9.66. The van der Waals surface area contributed by atoms with Gasteiger partial charge in [0.25, 0.3) is 0 Å². The zero-order chi connectivity index (χ0) is 19.1. The number of nitrogens with zero attached hydrogens (tertiary/aromatic N) is 1. The van der Waals surface area contributed by atoms with E-state index in [1.807, 2.05) is 55.5 Å². The maximum absolute atomic E-state index is 13.5. The molecule has 0 spiro atoms. The number of carbonyl (C=O) groups is 1. The van der Waals surface area contributed by atoms with Crippen LogP contribution in [0.25, 0.3) is 0 Å². The molecule has 5 rings (SSSR count). The maximum Gasteiger partial charge on any atom is 0.239 e. The minimum atomic E-state index is -0.633. The average molecular weight is 372 g/mol. The van der Waals surface area contributed by atoms with E-state index in [2.05, 4.69) is 28.4 Å². The first-order valence-electron chi connectivity index (χ1n) is 9.92. The van der Waals surface area contributed by atoms with E-state index in [-0.39, 0.29) is 11.8 Å². The molecule has 2 atom stereocenters. The van der Waals surface area contributed by atoms with Gasteiger partial charge in [0.05, 0.1) is 6.54 Å². The van der Waals surface area contributed by atoms with Crippen molar-refractivity contribution in [3.8, 4) is 0 Å². The van der Waals surface area contributed by atoms with Gasteiger partial charge in [-0.15, -0.1) is 0 Å². The number of furan rings is 1. The number of nitrogens with one attached hydrogen (secondary N) is 1. The SMILES string of the molecule is Cc1ccc(CN2CC[C@@H](C3(c4ccccc4)C(=O)Nc4ccccc43)C2)o1. The molecule has 1 saturated heterocycles. The largest absolute Gasteiger partial charge is 0.465 e. The third-order valence-electron chi connectivity index (χ3n) is 6.25. The van der Waals surface area contributed by atoms with Crippen LogP contribution in [0.4, 0.5) is 5.69 Å². The molecule has 142 valence electrons. The van der Waals surface area contributed by atoms with Gasteiger partial charge in [0.15, 0.2) is 0 Å². The summed E-state index contributed by atoms with van der Waals surface area (Å²) in [6.45, 7) is 4.60. The summed E-state index contributed by atoms with van der Waals surface area (Å²) < 4.78 is 5.77. The molecule has 3 aromatic rings. The van der Waals surface area contributed by atoms with Crippen LogP contribution in [0, 0.1) is 12.8 Å². The Balaban J connectivity index is 1.53. The van der Waals surface area contributed by atoms with Gasteiger partial charge in [0.2, 0.25) is 5.91 Å². The second-order valence-corrected chi connectivity index (χ2v) is 7.91. The van der Waals surface area contributed by atoms with Crippen molar-refractivity contribution in [2.24, 2.45) is 5.92 Å². The number of amides is 1. The number of carbonyl (C=O) groups excluding carboxylic acids is 1. The molecule has 4 heteroatoms. The van der Waals surface area contributed by atoms with E-state index in [0.717, 1.165) is 54.4 Å². The fourth-order valence-electron chi connectivity index (χ4n) is 5.03. The topological polar surface area (TPSA) is 45.5 Å². The quantitative estimate of drug-likeness (QED) is 0.741. The Morgan fingerprint density at radius 3 is 2.64 bits per heavy atom. The van der Waals surface area contributed by atoms with Crippen molar-refractivity contribution in [3.63, 3.8) is 0 Å². The molecule has 0 radical (unpaired) electrons. The predicted molar refractivity (Wildman–Crippen MR) is 109 cm³/mol. The van der Waals surface area contributed by atoms with Crippen LogP contribution in [0.15, 0.2) is 71.1 Å². The van der Waals surface area contributed by atoms with Gasteiger partial charge < -0.3 is 9.73 Å². The molecule has 3 heterocycles. The molecule has 1 aromatic heterocycles. The number of aryl methyl sites for hydroxylation is 1. The number of fused-ring (bicyclic) bond motifs is 1. The molecule has 1 unspecified atom stereocenters. The molecule has 2 aliphatic rings. The van der Waals surface area contributed by atoms with Crippen molar-refractivity contribution in [1.29, 1.82) is 0 Å². The number of para-hydroxylation sites is 1. The minimum absolute atomic E-state index is 0.0978. The number of benzene rings is 2. The van der Waals surface area contributed by atoms with Crippen molar-refractivity contribution in [2.45, 2.75) is 25.3 Å². The van der Waals surface area contributed by atoms with Crippen LogP contribution < -0.4 is 5.32 Å². The van der Waals surface area contributed by atoms with Gasteiger partial charge in [-0.3, -0.25) is 9.69 Å². The van der Waals surface area contributed by atoms with E-state index in [1.54, 1.807) is 0 Å². The molecule has 1 N–H and O–H groups in total. The highest BCUT2D eigenvalue weighted by molar-refractivity contribution is 6.09. The summed E-state index contributed by atoms with van der Waals surface area (Å²) in [5.74, 6) is 2.24. The van der Waals surface area contributed by atoms with Crippen LogP contribution in [0.3, 0.4) is 0 Å². The number of rotatable bonds is 4. The summed E-state index contributed by atoms with van der Waals surface area (Å²) in [5, 5.41) is 3.16. The highest BCUT2D eigenvalue weighted by atomic mass is 16.3.